The molecule has 5 nitrogen and oxygen atoms in total. The van der Waals surface area contributed by atoms with Gasteiger partial charge in [-0.25, -0.2) is 4.98 Å². The van der Waals surface area contributed by atoms with E-state index in [2.05, 4.69) is 4.98 Å². The van der Waals surface area contributed by atoms with Crippen molar-refractivity contribution in [3.05, 3.63) is 51.9 Å². The average molecular weight is 328 g/mol. The van der Waals surface area contributed by atoms with Crippen LogP contribution in [0.2, 0.25) is 0 Å². The van der Waals surface area contributed by atoms with Crippen molar-refractivity contribution in [1.82, 2.24) is 9.55 Å². The first-order valence-electron chi connectivity index (χ1n) is 7.32. The molecule has 0 aliphatic rings. The van der Waals surface area contributed by atoms with Crippen molar-refractivity contribution >= 4 is 27.5 Å². The zero-order valence-corrected chi connectivity index (χ0v) is 13.5. The molecule has 2 heterocycles. The van der Waals surface area contributed by atoms with Crippen molar-refractivity contribution < 1.29 is 9.90 Å². The van der Waals surface area contributed by atoms with Gasteiger partial charge in [0, 0.05) is 23.9 Å². The highest BCUT2D eigenvalue weighted by Gasteiger charge is 2.13. The number of fused-ring (bicyclic) bond motifs is 1. The number of aliphatic carboxylic acids is 1. The van der Waals surface area contributed by atoms with Crippen molar-refractivity contribution in [1.29, 1.82) is 0 Å². The second-order valence-corrected chi connectivity index (χ2v) is 6.29. The lowest BCUT2D eigenvalue weighted by molar-refractivity contribution is -0.137. The van der Waals surface area contributed by atoms with E-state index in [0.29, 0.717) is 23.2 Å². The van der Waals surface area contributed by atoms with Crippen molar-refractivity contribution in [3.8, 4) is 11.1 Å². The number of thiophene rings is 1. The van der Waals surface area contributed by atoms with Crippen LogP contribution in [0.5, 0.6) is 0 Å². The summed E-state index contributed by atoms with van der Waals surface area (Å²) in [5, 5.41) is 11.3. The predicted octanol–water partition coefficient (Wildman–Crippen LogP) is 3.30. The first kappa shape index (κ1) is 15.4. The zero-order valence-electron chi connectivity index (χ0n) is 12.7. The number of carbonyl (C=O) groups is 1. The van der Waals surface area contributed by atoms with E-state index < -0.39 is 5.97 Å². The normalized spacial score (nSPS) is 11.0. The third-order valence-electron chi connectivity index (χ3n) is 3.71. The number of carboxylic acid groups (broad SMARTS) is 1. The summed E-state index contributed by atoms with van der Waals surface area (Å²) >= 11 is 1.45. The molecule has 0 atom stereocenters. The zero-order chi connectivity index (χ0) is 16.4. The molecule has 1 N–H and O–H groups in total. The van der Waals surface area contributed by atoms with Crippen LogP contribution in [0.3, 0.4) is 0 Å². The number of rotatable bonds is 5. The van der Waals surface area contributed by atoms with E-state index in [0.717, 1.165) is 16.7 Å². The Morgan fingerprint density at radius 2 is 2.04 bits per heavy atom. The van der Waals surface area contributed by atoms with Crippen LogP contribution in [0.4, 0.5) is 0 Å². The summed E-state index contributed by atoms with van der Waals surface area (Å²) < 4.78 is 1.50. The molecule has 0 amide bonds. The molecule has 6 heteroatoms. The molecule has 0 radical (unpaired) electrons. The van der Waals surface area contributed by atoms with Crippen molar-refractivity contribution in [2.24, 2.45) is 0 Å². The number of benzene rings is 1. The number of aromatic nitrogens is 2. The molecule has 1 aromatic carbocycles. The van der Waals surface area contributed by atoms with E-state index in [9.17, 15) is 9.59 Å². The largest absolute Gasteiger partial charge is 0.481 e. The number of aryl methyl sites for hydroxylation is 2. The Bertz CT molecular complexity index is 910. The summed E-state index contributed by atoms with van der Waals surface area (Å²) in [7, 11) is 0. The molecule has 3 aromatic rings. The van der Waals surface area contributed by atoms with Crippen molar-refractivity contribution in [3.63, 3.8) is 0 Å². The Labute approximate surface area is 136 Å². The monoisotopic (exact) mass is 328 g/mol. The average Bonchev–Trinajstić information content (AvgIpc) is 2.95. The summed E-state index contributed by atoms with van der Waals surface area (Å²) in [6.07, 6.45) is 1.95. The fourth-order valence-electron chi connectivity index (χ4n) is 2.47. The SMILES string of the molecule is Cc1ccc(-c2csc3ncn(CCCC(=O)O)c(=O)c23)cc1. The van der Waals surface area contributed by atoms with Gasteiger partial charge in [0.2, 0.25) is 0 Å². The Kier molecular flexibility index (Phi) is 4.25. The van der Waals surface area contributed by atoms with E-state index >= 15 is 0 Å². The van der Waals surface area contributed by atoms with Gasteiger partial charge in [-0.2, -0.15) is 0 Å². The van der Waals surface area contributed by atoms with Crippen LogP contribution in [0.1, 0.15) is 18.4 Å². The minimum Gasteiger partial charge on any atom is -0.481 e. The maximum atomic E-state index is 12.7. The molecule has 0 unspecified atom stereocenters. The van der Waals surface area contributed by atoms with E-state index in [1.807, 2.05) is 36.6 Å². The minimum atomic E-state index is -0.858. The highest BCUT2D eigenvalue weighted by Crippen LogP contribution is 2.30. The van der Waals surface area contributed by atoms with E-state index in [-0.39, 0.29) is 12.0 Å². The maximum absolute atomic E-state index is 12.7. The number of nitrogens with zero attached hydrogens (tertiary/aromatic N) is 2. The van der Waals surface area contributed by atoms with Gasteiger partial charge in [-0.15, -0.1) is 11.3 Å². The fourth-order valence-corrected chi connectivity index (χ4v) is 3.38. The molecular weight excluding hydrogens is 312 g/mol. The molecule has 0 aliphatic carbocycles. The maximum Gasteiger partial charge on any atom is 0.303 e. The van der Waals surface area contributed by atoms with E-state index in [4.69, 9.17) is 5.11 Å². The van der Waals surface area contributed by atoms with Gasteiger partial charge >= 0.3 is 5.97 Å². The highest BCUT2D eigenvalue weighted by atomic mass is 32.1. The van der Waals surface area contributed by atoms with E-state index in [1.54, 1.807) is 0 Å². The van der Waals surface area contributed by atoms with Gasteiger partial charge in [-0.05, 0) is 18.9 Å². The van der Waals surface area contributed by atoms with Gasteiger partial charge in [0.15, 0.2) is 0 Å². The number of carboxylic acids is 1. The highest BCUT2D eigenvalue weighted by molar-refractivity contribution is 7.17. The van der Waals surface area contributed by atoms with Crippen molar-refractivity contribution in [2.75, 3.05) is 0 Å². The Balaban J connectivity index is 2.02. The van der Waals surface area contributed by atoms with Crippen LogP contribution in [0.25, 0.3) is 21.3 Å². The molecule has 0 fully saturated rings. The molecule has 0 saturated heterocycles. The van der Waals surface area contributed by atoms with E-state index in [1.165, 1.54) is 22.2 Å². The summed E-state index contributed by atoms with van der Waals surface area (Å²) in [6.45, 7) is 2.38. The smallest absolute Gasteiger partial charge is 0.303 e. The molecule has 23 heavy (non-hydrogen) atoms. The van der Waals surface area contributed by atoms with Gasteiger partial charge in [0.05, 0.1) is 11.7 Å². The molecule has 0 aliphatic heterocycles. The van der Waals surface area contributed by atoms with Crippen LogP contribution in [-0.2, 0) is 11.3 Å². The van der Waals surface area contributed by atoms with Gasteiger partial charge in [0.25, 0.3) is 5.56 Å². The van der Waals surface area contributed by atoms with Crippen LogP contribution >= 0.6 is 11.3 Å². The van der Waals surface area contributed by atoms with Gasteiger partial charge in [-0.3, -0.25) is 14.2 Å². The van der Waals surface area contributed by atoms with Gasteiger partial charge < -0.3 is 5.11 Å². The molecule has 0 spiro atoms. The predicted molar refractivity (Wildman–Crippen MR) is 90.9 cm³/mol. The first-order chi connectivity index (χ1) is 11.1. The molecule has 2 aromatic heterocycles. The number of hydrogen-bond donors (Lipinski definition) is 1. The lowest BCUT2D eigenvalue weighted by atomic mass is 10.1. The Morgan fingerprint density at radius 3 is 2.74 bits per heavy atom. The molecule has 0 saturated carbocycles. The lowest BCUT2D eigenvalue weighted by Gasteiger charge is -2.05. The third-order valence-corrected chi connectivity index (χ3v) is 4.60. The lowest BCUT2D eigenvalue weighted by Crippen LogP contribution is -2.20. The Morgan fingerprint density at radius 1 is 1.30 bits per heavy atom. The Hall–Kier alpha value is -2.47. The van der Waals surface area contributed by atoms with Crippen molar-refractivity contribution in [2.45, 2.75) is 26.3 Å². The first-order valence-corrected chi connectivity index (χ1v) is 8.19. The third kappa shape index (κ3) is 3.17. The summed E-state index contributed by atoms with van der Waals surface area (Å²) in [4.78, 5) is 28.4. The minimum absolute atomic E-state index is 0.0406. The number of hydrogen-bond acceptors (Lipinski definition) is 4. The van der Waals surface area contributed by atoms with Crippen LogP contribution in [0.15, 0.2) is 40.8 Å². The van der Waals surface area contributed by atoms with Crippen LogP contribution in [-0.4, -0.2) is 20.6 Å². The standard InChI is InChI=1S/C17H16N2O3S/c1-11-4-6-12(7-5-11)13-9-23-16-15(13)17(22)19(10-18-16)8-2-3-14(20)21/h4-7,9-10H,2-3,8H2,1H3,(H,20,21). The van der Waals surface area contributed by atoms with Gasteiger partial charge in [0.1, 0.15) is 4.83 Å². The summed E-state index contributed by atoms with van der Waals surface area (Å²) in [5.41, 5.74) is 2.92. The molecular formula is C17H16N2O3S. The fraction of sp³-hybridized carbons (Fsp3) is 0.235. The summed E-state index contributed by atoms with van der Waals surface area (Å²) in [5.74, 6) is -0.858. The van der Waals surface area contributed by atoms with Crippen LogP contribution < -0.4 is 5.56 Å². The molecule has 3 rings (SSSR count). The molecule has 0 bridgehead atoms. The quantitative estimate of drug-likeness (QED) is 0.780. The van der Waals surface area contributed by atoms with Crippen LogP contribution in [0, 0.1) is 6.92 Å². The summed E-state index contributed by atoms with van der Waals surface area (Å²) in [6, 6.07) is 8.03. The second kappa shape index (κ2) is 6.34. The second-order valence-electron chi connectivity index (χ2n) is 5.44. The topological polar surface area (TPSA) is 72.2 Å². The molecule has 118 valence electrons. The van der Waals surface area contributed by atoms with Gasteiger partial charge in [-0.1, -0.05) is 29.8 Å².